The van der Waals surface area contributed by atoms with Gasteiger partial charge in [0, 0.05) is 7.11 Å². The minimum absolute atomic E-state index is 0.0867. The number of rotatable bonds is 3. The third kappa shape index (κ3) is 3.05. The van der Waals surface area contributed by atoms with Gasteiger partial charge in [-0.3, -0.25) is 0 Å². The highest BCUT2D eigenvalue weighted by molar-refractivity contribution is 6.37. The molecule has 108 valence electrons. The lowest BCUT2D eigenvalue weighted by molar-refractivity contribution is -0.137. The average molecular weight is 326 g/mol. The Kier molecular flexibility index (Phi) is 4.22. The summed E-state index contributed by atoms with van der Waals surface area (Å²) in [5.74, 6) is 0. The summed E-state index contributed by atoms with van der Waals surface area (Å²) >= 11 is 11.7. The van der Waals surface area contributed by atoms with Crippen molar-refractivity contribution in [1.29, 1.82) is 0 Å². The first-order chi connectivity index (χ1) is 9.32. The first kappa shape index (κ1) is 15.1. The summed E-state index contributed by atoms with van der Waals surface area (Å²) in [6, 6.07) is 1.56. The fraction of sp³-hybridized carbons (Fsp3) is 0.273. The average Bonchev–Trinajstić information content (AvgIpc) is 2.76. The zero-order chi connectivity index (χ0) is 14.9. The molecule has 0 aliphatic carbocycles. The Morgan fingerprint density at radius 3 is 2.35 bits per heavy atom. The molecule has 2 aromatic rings. The van der Waals surface area contributed by atoms with E-state index in [4.69, 9.17) is 27.9 Å². The Morgan fingerprint density at radius 1 is 1.25 bits per heavy atom. The molecule has 0 N–H and O–H groups in total. The van der Waals surface area contributed by atoms with Crippen molar-refractivity contribution >= 4 is 23.2 Å². The highest BCUT2D eigenvalue weighted by atomic mass is 35.5. The molecule has 0 spiro atoms. The molecule has 20 heavy (non-hydrogen) atoms. The van der Waals surface area contributed by atoms with Gasteiger partial charge in [0.05, 0.1) is 28.4 Å². The molecule has 0 aliphatic heterocycles. The van der Waals surface area contributed by atoms with Crippen LogP contribution in [0.4, 0.5) is 13.2 Å². The fourth-order valence-corrected chi connectivity index (χ4v) is 2.17. The van der Waals surface area contributed by atoms with E-state index in [9.17, 15) is 13.2 Å². The summed E-state index contributed by atoms with van der Waals surface area (Å²) in [5.41, 5.74) is -0.344. The van der Waals surface area contributed by atoms with Crippen molar-refractivity contribution in [1.82, 2.24) is 15.0 Å². The molecule has 0 bridgehead atoms. The second-order valence-corrected chi connectivity index (χ2v) is 4.66. The van der Waals surface area contributed by atoms with Crippen LogP contribution < -0.4 is 0 Å². The van der Waals surface area contributed by atoms with Crippen molar-refractivity contribution in [3.63, 3.8) is 0 Å². The number of methoxy groups -OCH3 is 1. The van der Waals surface area contributed by atoms with E-state index in [-0.39, 0.29) is 22.3 Å². The normalized spacial score (nSPS) is 11.9. The molecule has 2 rings (SSSR count). The lowest BCUT2D eigenvalue weighted by Gasteiger charge is -2.11. The number of alkyl halides is 3. The number of ether oxygens (including phenoxy) is 1. The van der Waals surface area contributed by atoms with Gasteiger partial charge in [-0.2, -0.15) is 23.4 Å². The van der Waals surface area contributed by atoms with E-state index in [1.165, 1.54) is 13.3 Å². The highest BCUT2D eigenvalue weighted by Crippen LogP contribution is 2.37. The van der Waals surface area contributed by atoms with Crippen LogP contribution in [-0.4, -0.2) is 22.1 Å². The Morgan fingerprint density at radius 2 is 1.85 bits per heavy atom. The summed E-state index contributed by atoms with van der Waals surface area (Å²) in [7, 11) is 1.48. The molecule has 0 amide bonds. The molecule has 0 saturated heterocycles. The van der Waals surface area contributed by atoms with E-state index in [0.29, 0.717) is 5.69 Å². The zero-order valence-electron chi connectivity index (χ0n) is 10.1. The van der Waals surface area contributed by atoms with E-state index in [0.717, 1.165) is 16.9 Å². The molecule has 0 saturated carbocycles. The first-order valence-corrected chi connectivity index (χ1v) is 6.05. The number of benzene rings is 1. The second-order valence-electron chi connectivity index (χ2n) is 3.84. The molecular weight excluding hydrogens is 318 g/mol. The van der Waals surface area contributed by atoms with Crippen LogP contribution in [0, 0.1) is 0 Å². The maximum Gasteiger partial charge on any atom is 0.416 e. The largest absolute Gasteiger partial charge is 0.416 e. The van der Waals surface area contributed by atoms with E-state index in [1.54, 1.807) is 0 Å². The van der Waals surface area contributed by atoms with Gasteiger partial charge in [-0.05, 0) is 12.1 Å². The van der Waals surface area contributed by atoms with Gasteiger partial charge in [0.25, 0.3) is 0 Å². The number of hydrogen-bond donors (Lipinski definition) is 0. The number of halogens is 5. The number of hydrogen-bond acceptors (Lipinski definition) is 3. The zero-order valence-corrected chi connectivity index (χ0v) is 11.6. The van der Waals surface area contributed by atoms with Crippen molar-refractivity contribution in [2.45, 2.75) is 12.8 Å². The molecule has 0 radical (unpaired) electrons. The molecule has 4 nitrogen and oxygen atoms in total. The highest BCUT2D eigenvalue weighted by Gasteiger charge is 2.32. The van der Waals surface area contributed by atoms with Gasteiger partial charge >= 0.3 is 6.18 Å². The van der Waals surface area contributed by atoms with Gasteiger partial charge in [0.1, 0.15) is 11.4 Å². The molecule has 1 aromatic carbocycles. The van der Waals surface area contributed by atoms with Gasteiger partial charge < -0.3 is 4.74 Å². The minimum atomic E-state index is -4.52. The fourth-order valence-electron chi connectivity index (χ4n) is 1.54. The van der Waals surface area contributed by atoms with Crippen LogP contribution >= 0.6 is 23.2 Å². The standard InChI is InChI=1S/C11H8Cl2F3N3O/c1-20-5-7-4-17-19(18-7)10-8(12)2-6(3-9(10)13)11(14,15)16/h2-4H,5H2,1H3. The van der Waals surface area contributed by atoms with Crippen LogP contribution in [0.3, 0.4) is 0 Å². The van der Waals surface area contributed by atoms with Crippen LogP contribution in [-0.2, 0) is 17.5 Å². The van der Waals surface area contributed by atoms with Crippen LogP contribution in [0.25, 0.3) is 5.69 Å². The Balaban J connectivity index is 2.46. The lowest BCUT2D eigenvalue weighted by Crippen LogP contribution is -2.08. The third-order valence-corrected chi connectivity index (χ3v) is 2.95. The maximum atomic E-state index is 12.6. The summed E-state index contributed by atoms with van der Waals surface area (Å²) in [6.45, 7) is 0.218. The molecule has 9 heteroatoms. The van der Waals surface area contributed by atoms with E-state index in [2.05, 4.69) is 10.2 Å². The Hall–Kier alpha value is -1.31. The quantitative estimate of drug-likeness (QED) is 0.863. The molecule has 0 aliphatic rings. The Labute approximate surface area is 122 Å². The molecule has 0 fully saturated rings. The molecule has 0 atom stereocenters. The first-order valence-electron chi connectivity index (χ1n) is 5.29. The third-order valence-electron chi connectivity index (χ3n) is 2.38. The van der Waals surface area contributed by atoms with E-state index < -0.39 is 11.7 Å². The summed E-state index contributed by atoms with van der Waals surface area (Å²) < 4.78 is 42.7. The van der Waals surface area contributed by atoms with Gasteiger partial charge in [-0.1, -0.05) is 23.2 Å². The predicted molar refractivity (Wildman–Crippen MR) is 67.1 cm³/mol. The van der Waals surface area contributed by atoms with Gasteiger partial charge in [-0.25, -0.2) is 0 Å². The van der Waals surface area contributed by atoms with E-state index >= 15 is 0 Å². The monoisotopic (exact) mass is 325 g/mol. The van der Waals surface area contributed by atoms with E-state index in [1.807, 2.05) is 0 Å². The van der Waals surface area contributed by atoms with Gasteiger partial charge in [0.15, 0.2) is 0 Å². The number of aromatic nitrogens is 3. The summed E-state index contributed by atoms with van der Waals surface area (Å²) in [4.78, 5) is 1.07. The number of nitrogens with zero attached hydrogens (tertiary/aromatic N) is 3. The van der Waals surface area contributed by atoms with Crippen LogP contribution in [0.1, 0.15) is 11.3 Å². The van der Waals surface area contributed by atoms with Crippen molar-refractivity contribution in [2.75, 3.05) is 7.11 Å². The van der Waals surface area contributed by atoms with Crippen LogP contribution in [0.5, 0.6) is 0 Å². The summed E-state index contributed by atoms with van der Waals surface area (Å²) in [5, 5.41) is 7.53. The van der Waals surface area contributed by atoms with Crippen LogP contribution in [0.2, 0.25) is 10.0 Å². The van der Waals surface area contributed by atoms with Gasteiger partial charge in [-0.15, -0.1) is 4.80 Å². The second kappa shape index (κ2) is 5.59. The molecular formula is C11H8Cl2F3N3O. The maximum absolute atomic E-state index is 12.6. The van der Waals surface area contributed by atoms with Gasteiger partial charge in [0.2, 0.25) is 0 Å². The topological polar surface area (TPSA) is 39.9 Å². The molecule has 1 aromatic heterocycles. The molecule has 1 heterocycles. The van der Waals surface area contributed by atoms with Crippen LogP contribution in [0.15, 0.2) is 18.3 Å². The smallest absolute Gasteiger partial charge is 0.378 e. The van der Waals surface area contributed by atoms with Crippen molar-refractivity contribution in [2.24, 2.45) is 0 Å². The van der Waals surface area contributed by atoms with Crippen molar-refractivity contribution in [3.05, 3.63) is 39.6 Å². The summed E-state index contributed by atoms with van der Waals surface area (Å²) in [6.07, 6.45) is -3.11. The molecule has 0 unspecified atom stereocenters. The van der Waals surface area contributed by atoms with Crippen molar-refractivity contribution in [3.8, 4) is 5.69 Å². The SMILES string of the molecule is COCc1cnn(-c2c(Cl)cc(C(F)(F)F)cc2Cl)n1. The minimum Gasteiger partial charge on any atom is -0.378 e. The lowest BCUT2D eigenvalue weighted by atomic mass is 10.2. The van der Waals surface area contributed by atoms with Crippen molar-refractivity contribution < 1.29 is 17.9 Å². The predicted octanol–water partition coefficient (Wildman–Crippen LogP) is 3.74. The Bertz CT molecular complexity index is 605.